The average Bonchev–Trinajstić information content (AvgIpc) is 2.29. The minimum Gasteiger partial charge on any atom is -0.480 e. The summed E-state index contributed by atoms with van der Waals surface area (Å²) in [5, 5.41) is 8.77. The number of hydrogen-bond donors (Lipinski definition) is 2. The number of rotatable bonds is 6. The van der Waals surface area contributed by atoms with Gasteiger partial charge in [-0.2, -0.15) is 0 Å². The first kappa shape index (κ1) is 13.4. The predicted octanol–water partition coefficient (Wildman–Crippen LogP) is 1.62. The molecule has 0 aliphatic heterocycles. The van der Waals surface area contributed by atoms with Gasteiger partial charge in [-0.25, -0.2) is 0 Å². The molecule has 0 radical (unpaired) electrons. The fraction of sp³-hybridized carbons (Fsp3) is 0.385. The van der Waals surface area contributed by atoms with Crippen LogP contribution in [0.15, 0.2) is 24.3 Å². The second kappa shape index (κ2) is 6.15. The number of benzene rings is 1. The van der Waals surface area contributed by atoms with Gasteiger partial charge in [0.25, 0.3) is 0 Å². The second-order valence-electron chi connectivity index (χ2n) is 3.98. The molecule has 0 heterocycles. The molecule has 0 aliphatic rings. The zero-order chi connectivity index (χ0) is 12.8. The van der Waals surface area contributed by atoms with Crippen LogP contribution in [0.2, 0.25) is 0 Å². The van der Waals surface area contributed by atoms with Gasteiger partial charge in [-0.15, -0.1) is 0 Å². The van der Waals surface area contributed by atoms with Crippen LogP contribution < -0.4 is 5.73 Å². The minimum atomic E-state index is -1.05. The molecule has 1 atom stereocenters. The molecule has 0 unspecified atom stereocenters. The summed E-state index contributed by atoms with van der Waals surface area (Å²) in [6, 6.07) is 6.07. The van der Waals surface area contributed by atoms with Gasteiger partial charge in [-0.3, -0.25) is 9.59 Å². The third-order valence-corrected chi connectivity index (χ3v) is 2.55. The molecule has 1 aromatic carbocycles. The lowest BCUT2D eigenvalue weighted by molar-refractivity contribution is -0.138. The van der Waals surface area contributed by atoms with Crippen LogP contribution in [0.3, 0.4) is 0 Å². The van der Waals surface area contributed by atoms with Crippen molar-refractivity contribution in [1.29, 1.82) is 0 Å². The first-order valence-corrected chi connectivity index (χ1v) is 5.65. The topological polar surface area (TPSA) is 80.4 Å². The summed E-state index contributed by atoms with van der Waals surface area (Å²) in [5.41, 5.74) is 6.78. The van der Waals surface area contributed by atoms with Crippen molar-refractivity contribution < 1.29 is 14.7 Å². The van der Waals surface area contributed by atoms with Gasteiger partial charge in [0, 0.05) is 12.0 Å². The van der Waals surface area contributed by atoms with Crippen molar-refractivity contribution in [2.24, 2.45) is 5.73 Å². The highest BCUT2D eigenvalue weighted by Gasteiger charge is 2.16. The Morgan fingerprint density at radius 1 is 1.35 bits per heavy atom. The lowest BCUT2D eigenvalue weighted by Gasteiger charge is -2.10. The third kappa shape index (κ3) is 3.67. The van der Waals surface area contributed by atoms with Crippen molar-refractivity contribution in [2.75, 3.05) is 0 Å². The number of Topliss-reactive ketones (excluding diaryl/α,β-unsaturated/α-hetero) is 1. The number of hydrogen-bond acceptors (Lipinski definition) is 3. The van der Waals surface area contributed by atoms with Gasteiger partial charge < -0.3 is 10.8 Å². The van der Waals surface area contributed by atoms with E-state index in [1.807, 2.05) is 6.92 Å². The maximum absolute atomic E-state index is 11.8. The summed E-state index contributed by atoms with van der Waals surface area (Å²) < 4.78 is 0. The summed E-state index contributed by atoms with van der Waals surface area (Å²) in [6.45, 7) is 1.93. The van der Waals surface area contributed by atoms with Gasteiger partial charge in [0.15, 0.2) is 5.78 Å². The zero-order valence-electron chi connectivity index (χ0n) is 9.85. The minimum absolute atomic E-state index is 0.0423. The number of aliphatic carboxylic acids is 1. The number of ketones is 1. The van der Waals surface area contributed by atoms with Crippen molar-refractivity contribution in [3.05, 3.63) is 35.4 Å². The summed E-state index contributed by atoms with van der Waals surface area (Å²) >= 11 is 0. The molecule has 1 rings (SSSR count). The van der Waals surface area contributed by atoms with Crippen molar-refractivity contribution in [2.45, 2.75) is 32.2 Å². The first-order chi connectivity index (χ1) is 8.06. The predicted molar refractivity (Wildman–Crippen MR) is 65.0 cm³/mol. The number of carboxylic acid groups (broad SMARTS) is 1. The Bertz CT molecular complexity index is 415. The van der Waals surface area contributed by atoms with E-state index in [9.17, 15) is 9.59 Å². The Hall–Kier alpha value is -1.68. The van der Waals surface area contributed by atoms with E-state index in [-0.39, 0.29) is 12.2 Å². The molecule has 92 valence electrons. The molecule has 0 amide bonds. The molecule has 0 saturated carbocycles. The maximum Gasteiger partial charge on any atom is 0.320 e. The second-order valence-corrected chi connectivity index (χ2v) is 3.98. The molecule has 0 spiro atoms. The van der Waals surface area contributed by atoms with Crippen LogP contribution in [-0.2, 0) is 11.2 Å². The number of nitrogens with two attached hydrogens (primary N) is 1. The Balaban J connectivity index is 2.91. The van der Waals surface area contributed by atoms with Crippen LogP contribution in [0.1, 0.15) is 35.7 Å². The van der Waals surface area contributed by atoms with Crippen LogP contribution in [0.5, 0.6) is 0 Å². The lowest BCUT2D eigenvalue weighted by atomic mass is 9.96. The first-order valence-electron chi connectivity index (χ1n) is 5.65. The van der Waals surface area contributed by atoms with E-state index in [1.54, 1.807) is 24.3 Å². The van der Waals surface area contributed by atoms with Gasteiger partial charge in [-0.05, 0) is 18.4 Å². The van der Waals surface area contributed by atoms with Crippen molar-refractivity contribution in [1.82, 2.24) is 0 Å². The van der Waals surface area contributed by atoms with Crippen LogP contribution in [0.4, 0.5) is 0 Å². The van der Waals surface area contributed by atoms with Crippen LogP contribution in [0.25, 0.3) is 0 Å². The standard InChI is InChI=1S/C13H17NO3/c1-2-5-12(15)10-7-4-3-6-9(10)8-11(14)13(16)17/h3-4,6-7,11H,2,5,8,14H2,1H3,(H,16,17)/t11-/m0/s1. The molecule has 0 saturated heterocycles. The van der Waals surface area contributed by atoms with Crippen LogP contribution in [0, 0.1) is 0 Å². The fourth-order valence-electron chi connectivity index (χ4n) is 1.66. The number of carboxylic acids is 1. The fourth-order valence-corrected chi connectivity index (χ4v) is 1.66. The van der Waals surface area contributed by atoms with E-state index in [0.717, 1.165) is 6.42 Å². The molecule has 1 aromatic rings. The summed E-state index contributed by atoms with van der Waals surface area (Å²) in [4.78, 5) is 22.5. The van der Waals surface area contributed by atoms with Crippen molar-refractivity contribution in [3.63, 3.8) is 0 Å². The Labute approximate surface area is 100 Å². The van der Waals surface area contributed by atoms with E-state index < -0.39 is 12.0 Å². The molecular formula is C13H17NO3. The van der Waals surface area contributed by atoms with Crippen molar-refractivity contribution in [3.8, 4) is 0 Å². The molecule has 4 nitrogen and oxygen atoms in total. The monoisotopic (exact) mass is 235 g/mol. The maximum atomic E-state index is 11.8. The van der Waals surface area contributed by atoms with Gasteiger partial charge >= 0.3 is 5.97 Å². The molecular weight excluding hydrogens is 218 g/mol. The Morgan fingerprint density at radius 2 is 2.00 bits per heavy atom. The van der Waals surface area contributed by atoms with E-state index in [2.05, 4.69) is 0 Å². The Kier molecular flexibility index (Phi) is 4.84. The van der Waals surface area contributed by atoms with Gasteiger partial charge in [-0.1, -0.05) is 31.2 Å². The lowest BCUT2D eigenvalue weighted by Crippen LogP contribution is -2.32. The highest BCUT2D eigenvalue weighted by Crippen LogP contribution is 2.14. The molecule has 17 heavy (non-hydrogen) atoms. The molecule has 0 aromatic heterocycles. The van der Waals surface area contributed by atoms with Gasteiger partial charge in [0.2, 0.25) is 0 Å². The molecule has 0 bridgehead atoms. The molecule has 4 heteroatoms. The molecule has 0 fully saturated rings. The normalized spacial score (nSPS) is 12.1. The summed E-state index contributed by atoms with van der Waals surface area (Å²) in [7, 11) is 0. The summed E-state index contributed by atoms with van der Waals surface area (Å²) in [5.74, 6) is -1.01. The Morgan fingerprint density at radius 3 is 2.59 bits per heavy atom. The zero-order valence-corrected chi connectivity index (χ0v) is 9.85. The van der Waals surface area contributed by atoms with Crippen molar-refractivity contribution >= 4 is 11.8 Å². The van der Waals surface area contributed by atoms with Crippen LogP contribution >= 0.6 is 0 Å². The van der Waals surface area contributed by atoms with Crippen LogP contribution in [-0.4, -0.2) is 22.9 Å². The number of carbonyl (C=O) groups is 2. The highest BCUT2D eigenvalue weighted by molar-refractivity contribution is 5.97. The largest absolute Gasteiger partial charge is 0.480 e. The number of carbonyl (C=O) groups excluding carboxylic acids is 1. The molecule has 3 N–H and O–H groups in total. The van der Waals surface area contributed by atoms with Gasteiger partial charge in [0.1, 0.15) is 6.04 Å². The van der Waals surface area contributed by atoms with E-state index in [0.29, 0.717) is 17.5 Å². The van der Waals surface area contributed by atoms with E-state index in [4.69, 9.17) is 10.8 Å². The smallest absolute Gasteiger partial charge is 0.320 e. The van der Waals surface area contributed by atoms with Gasteiger partial charge in [0.05, 0.1) is 0 Å². The molecule has 0 aliphatic carbocycles. The third-order valence-electron chi connectivity index (χ3n) is 2.55. The summed E-state index contributed by atoms with van der Waals surface area (Å²) in [6.07, 6.45) is 1.43. The SMILES string of the molecule is CCCC(=O)c1ccccc1C[C@H](N)C(=O)O. The average molecular weight is 235 g/mol. The highest BCUT2D eigenvalue weighted by atomic mass is 16.4. The quantitative estimate of drug-likeness (QED) is 0.734. The van der Waals surface area contributed by atoms with E-state index >= 15 is 0 Å². The van der Waals surface area contributed by atoms with E-state index in [1.165, 1.54) is 0 Å².